The van der Waals surface area contributed by atoms with Crippen LogP contribution < -0.4 is 5.32 Å². The van der Waals surface area contributed by atoms with E-state index in [1.807, 2.05) is 6.92 Å². The molecule has 0 aromatic carbocycles. The van der Waals surface area contributed by atoms with Gasteiger partial charge >= 0.3 is 0 Å². The number of hydrogen-bond donors (Lipinski definition) is 1. The molecule has 1 fully saturated rings. The molecule has 80 valence electrons. The van der Waals surface area contributed by atoms with Crippen molar-refractivity contribution in [3.05, 3.63) is 11.8 Å². The highest BCUT2D eigenvalue weighted by Gasteiger charge is 2.12. The summed E-state index contributed by atoms with van der Waals surface area (Å²) in [4.78, 5) is 10.8. The molecule has 14 heavy (non-hydrogen) atoms. The number of ketones is 1. The maximum atomic E-state index is 10.8. The molecule has 0 aliphatic heterocycles. The lowest BCUT2D eigenvalue weighted by Crippen LogP contribution is -2.23. The SMILES string of the molecule is CC(=O)C=C(C)NCC1CCCCC1. The Morgan fingerprint density at radius 2 is 1.93 bits per heavy atom. The minimum absolute atomic E-state index is 0.124. The molecule has 0 bridgehead atoms. The summed E-state index contributed by atoms with van der Waals surface area (Å²) in [5.74, 6) is 0.942. The fourth-order valence-corrected chi connectivity index (χ4v) is 2.05. The van der Waals surface area contributed by atoms with E-state index in [9.17, 15) is 4.79 Å². The van der Waals surface area contributed by atoms with Gasteiger partial charge in [-0.25, -0.2) is 0 Å². The van der Waals surface area contributed by atoms with Crippen molar-refractivity contribution in [3.8, 4) is 0 Å². The van der Waals surface area contributed by atoms with Crippen molar-refractivity contribution in [2.75, 3.05) is 6.54 Å². The molecule has 2 nitrogen and oxygen atoms in total. The molecule has 1 aliphatic rings. The molecule has 1 saturated carbocycles. The predicted octanol–water partition coefficient (Wildman–Crippen LogP) is 2.65. The number of allylic oxidation sites excluding steroid dienone is 2. The number of carbonyl (C=O) groups is 1. The summed E-state index contributed by atoms with van der Waals surface area (Å²) >= 11 is 0. The van der Waals surface area contributed by atoms with Crippen LogP contribution in [0.5, 0.6) is 0 Å². The van der Waals surface area contributed by atoms with E-state index in [1.165, 1.54) is 32.1 Å². The van der Waals surface area contributed by atoms with Gasteiger partial charge in [-0.2, -0.15) is 0 Å². The highest BCUT2D eigenvalue weighted by molar-refractivity contribution is 5.87. The Bertz CT molecular complexity index is 214. The van der Waals surface area contributed by atoms with Crippen LogP contribution >= 0.6 is 0 Å². The molecular weight excluding hydrogens is 174 g/mol. The van der Waals surface area contributed by atoms with Crippen LogP contribution in [0.3, 0.4) is 0 Å². The predicted molar refractivity (Wildman–Crippen MR) is 59.0 cm³/mol. The Balaban J connectivity index is 2.21. The van der Waals surface area contributed by atoms with E-state index in [1.54, 1.807) is 13.0 Å². The smallest absolute Gasteiger partial charge is 0.154 e. The number of nitrogens with one attached hydrogen (secondary N) is 1. The monoisotopic (exact) mass is 195 g/mol. The van der Waals surface area contributed by atoms with Crippen LogP contribution in [0.4, 0.5) is 0 Å². The molecule has 2 heteroatoms. The van der Waals surface area contributed by atoms with Crippen LogP contribution in [0.1, 0.15) is 46.0 Å². The first-order valence-corrected chi connectivity index (χ1v) is 5.61. The van der Waals surface area contributed by atoms with Gasteiger partial charge in [-0.3, -0.25) is 4.79 Å². The van der Waals surface area contributed by atoms with Gasteiger partial charge in [0, 0.05) is 12.2 Å². The minimum Gasteiger partial charge on any atom is -0.388 e. The van der Waals surface area contributed by atoms with Crippen LogP contribution in [0, 0.1) is 5.92 Å². The van der Waals surface area contributed by atoms with Crippen molar-refractivity contribution in [2.45, 2.75) is 46.0 Å². The first-order chi connectivity index (χ1) is 6.68. The third-order valence-electron chi connectivity index (χ3n) is 2.81. The Morgan fingerprint density at radius 1 is 1.29 bits per heavy atom. The van der Waals surface area contributed by atoms with Crippen molar-refractivity contribution >= 4 is 5.78 Å². The van der Waals surface area contributed by atoms with Crippen molar-refractivity contribution < 1.29 is 4.79 Å². The average Bonchev–Trinajstić information content (AvgIpc) is 2.15. The first-order valence-electron chi connectivity index (χ1n) is 5.61. The molecule has 1 N–H and O–H groups in total. The topological polar surface area (TPSA) is 29.1 Å². The van der Waals surface area contributed by atoms with Gasteiger partial charge in [0.2, 0.25) is 0 Å². The second-order valence-electron chi connectivity index (χ2n) is 4.32. The summed E-state index contributed by atoms with van der Waals surface area (Å²) in [6.45, 7) is 4.59. The Morgan fingerprint density at radius 3 is 2.50 bits per heavy atom. The van der Waals surface area contributed by atoms with E-state index in [2.05, 4.69) is 5.32 Å². The summed E-state index contributed by atoms with van der Waals surface area (Å²) in [6.07, 6.45) is 8.52. The van der Waals surface area contributed by atoms with E-state index >= 15 is 0 Å². The van der Waals surface area contributed by atoms with Gasteiger partial charge in [0.15, 0.2) is 5.78 Å². The van der Waals surface area contributed by atoms with Crippen molar-refractivity contribution in [2.24, 2.45) is 5.92 Å². The molecule has 1 rings (SSSR count). The molecule has 0 spiro atoms. The molecule has 0 unspecified atom stereocenters. The Labute approximate surface area is 86.8 Å². The zero-order valence-corrected chi connectivity index (χ0v) is 9.31. The number of carbonyl (C=O) groups excluding carboxylic acids is 1. The van der Waals surface area contributed by atoms with Gasteiger partial charge in [-0.05, 0) is 38.7 Å². The molecule has 0 radical (unpaired) electrons. The lowest BCUT2D eigenvalue weighted by molar-refractivity contribution is -0.112. The summed E-state index contributed by atoms with van der Waals surface area (Å²) in [6, 6.07) is 0. The lowest BCUT2D eigenvalue weighted by atomic mass is 9.89. The summed E-state index contributed by atoms with van der Waals surface area (Å²) in [7, 11) is 0. The fourth-order valence-electron chi connectivity index (χ4n) is 2.05. The van der Waals surface area contributed by atoms with Crippen molar-refractivity contribution in [1.82, 2.24) is 5.32 Å². The molecule has 0 heterocycles. The first kappa shape index (κ1) is 11.3. The van der Waals surface area contributed by atoms with Gasteiger partial charge < -0.3 is 5.32 Å². The van der Waals surface area contributed by atoms with Crippen LogP contribution in [0.25, 0.3) is 0 Å². The van der Waals surface area contributed by atoms with Crippen LogP contribution in [-0.4, -0.2) is 12.3 Å². The quantitative estimate of drug-likeness (QED) is 0.699. The Hall–Kier alpha value is -0.790. The number of rotatable bonds is 4. The van der Waals surface area contributed by atoms with E-state index in [0.29, 0.717) is 0 Å². The third kappa shape index (κ3) is 4.45. The van der Waals surface area contributed by atoms with Gasteiger partial charge in [-0.1, -0.05) is 19.3 Å². The standard InChI is InChI=1S/C12H21NO/c1-10(8-11(2)14)13-9-12-6-4-3-5-7-12/h8,12-13H,3-7,9H2,1-2H3. The second kappa shape index (κ2) is 5.84. The van der Waals surface area contributed by atoms with E-state index in [0.717, 1.165) is 18.2 Å². The number of hydrogen-bond acceptors (Lipinski definition) is 2. The molecule has 0 aromatic rings. The largest absolute Gasteiger partial charge is 0.388 e. The van der Waals surface area contributed by atoms with Crippen LogP contribution in [0.2, 0.25) is 0 Å². The van der Waals surface area contributed by atoms with Crippen LogP contribution in [0.15, 0.2) is 11.8 Å². The summed E-state index contributed by atoms with van der Waals surface area (Å²) in [5.41, 5.74) is 1.00. The van der Waals surface area contributed by atoms with Gasteiger partial charge in [0.1, 0.15) is 0 Å². The molecule has 0 aromatic heterocycles. The molecule has 0 amide bonds. The van der Waals surface area contributed by atoms with E-state index < -0.39 is 0 Å². The van der Waals surface area contributed by atoms with E-state index in [-0.39, 0.29) is 5.78 Å². The summed E-state index contributed by atoms with van der Waals surface area (Å²) < 4.78 is 0. The highest BCUT2D eigenvalue weighted by atomic mass is 16.1. The van der Waals surface area contributed by atoms with Crippen LogP contribution in [-0.2, 0) is 4.79 Å². The zero-order chi connectivity index (χ0) is 10.4. The van der Waals surface area contributed by atoms with E-state index in [4.69, 9.17) is 0 Å². The molecular formula is C12H21NO. The molecule has 0 saturated heterocycles. The van der Waals surface area contributed by atoms with Gasteiger partial charge in [0.25, 0.3) is 0 Å². The Kier molecular flexibility index (Phi) is 4.71. The third-order valence-corrected chi connectivity index (χ3v) is 2.81. The average molecular weight is 195 g/mol. The van der Waals surface area contributed by atoms with Crippen molar-refractivity contribution in [3.63, 3.8) is 0 Å². The normalized spacial score (nSPS) is 19.4. The zero-order valence-electron chi connectivity index (χ0n) is 9.31. The second-order valence-corrected chi connectivity index (χ2v) is 4.32. The lowest BCUT2D eigenvalue weighted by Gasteiger charge is -2.22. The molecule has 0 atom stereocenters. The van der Waals surface area contributed by atoms with Gasteiger partial charge in [0.05, 0.1) is 0 Å². The highest BCUT2D eigenvalue weighted by Crippen LogP contribution is 2.22. The van der Waals surface area contributed by atoms with Crippen molar-refractivity contribution in [1.29, 1.82) is 0 Å². The van der Waals surface area contributed by atoms with Gasteiger partial charge in [-0.15, -0.1) is 0 Å². The molecule has 1 aliphatic carbocycles. The maximum Gasteiger partial charge on any atom is 0.154 e. The summed E-state index contributed by atoms with van der Waals surface area (Å²) in [5, 5.41) is 3.32. The fraction of sp³-hybridized carbons (Fsp3) is 0.750. The minimum atomic E-state index is 0.124. The maximum absolute atomic E-state index is 10.8.